The number of allylic oxidation sites excluding steroid dienone is 1. The molecule has 2 unspecified atom stereocenters. The normalized spacial score (nSPS) is 28.4. The highest BCUT2D eigenvalue weighted by molar-refractivity contribution is 8.20. The van der Waals surface area contributed by atoms with Gasteiger partial charge in [0.15, 0.2) is 5.17 Å². The minimum Gasteiger partial charge on any atom is -0.336 e. The molecule has 0 aliphatic carbocycles. The van der Waals surface area contributed by atoms with Gasteiger partial charge in [-0.05, 0) is 6.42 Å². The molecule has 2 atom stereocenters. The standard InChI is InChI=1S/C9H13ClN2O2S3/c1-3-5(2)15-9-11-6-4-7(10)16-8(6)17(13,14)12-9/h5,7H,3-4H2,1-2H3,(H,11,12). The number of amidine groups is 1. The summed E-state index contributed by atoms with van der Waals surface area (Å²) in [6.07, 6.45) is 1.51. The summed E-state index contributed by atoms with van der Waals surface area (Å²) in [5, 5.41) is 3.87. The molecule has 0 aromatic carbocycles. The fourth-order valence-corrected chi connectivity index (χ4v) is 5.69. The molecule has 2 heterocycles. The van der Waals surface area contributed by atoms with Crippen LogP contribution >= 0.6 is 35.1 Å². The number of hydrogen-bond donors (Lipinski definition) is 1. The van der Waals surface area contributed by atoms with Gasteiger partial charge in [-0.15, -0.1) is 16.0 Å². The van der Waals surface area contributed by atoms with Crippen molar-refractivity contribution in [3.8, 4) is 0 Å². The summed E-state index contributed by atoms with van der Waals surface area (Å²) in [5.74, 6) is 0. The lowest BCUT2D eigenvalue weighted by Gasteiger charge is -2.17. The van der Waals surface area contributed by atoms with Crippen LogP contribution in [0.2, 0.25) is 0 Å². The quantitative estimate of drug-likeness (QED) is 0.794. The Labute approximate surface area is 115 Å². The van der Waals surface area contributed by atoms with Gasteiger partial charge >= 0.3 is 0 Å². The molecule has 4 nitrogen and oxygen atoms in total. The number of alkyl halides is 1. The minimum atomic E-state index is -3.53. The van der Waals surface area contributed by atoms with Gasteiger partial charge in [0.05, 0.1) is 4.71 Å². The summed E-state index contributed by atoms with van der Waals surface area (Å²) >= 11 is 8.56. The van der Waals surface area contributed by atoms with Crippen molar-refractivity contribution in [3.63, 3.8) is 0 Å². The first kappa shape index (κ1) is 13.6. The zero-order chi connectivity index (χ0) is 12.6. The number of nitrogens with zero attached hydrogens (tertiary/aromatic N) is 1. The van der Waals surface area contributed by atoms with Gasteiger partial charge in [0.25, 0.3) is 10.0 Å². The summed E-state index contributed by atoms with van der Waals surface area (Å²) in [6.45, 7) is 4.10. The predicted octanol–water partition coefficient (Wildman–Crippen LogP) is 2.68. The average molecular weight is 313 g/mol. The van der Waals surface area contributed by atoms with Crippen molar-refractivity contribution in [1.82, 2.24) is 5.32 Å². The smallest absolute Gasteiger partial charge is 0.292 e. The Morgan fingerprint density at radius 3 is 3.06 bits per heavy atom. The maximum Gasteiger partial charge on any atom is 0.292 e. The molecule has 0 fully saturated rings. The second kappa shape index (κ2) is 5.03. The zero-order valence-corrected chi connectivity index (χ0v) is 12.6. The van der Waals surface area contributed by atoms with Gasteiger partial charge in [-0.1, -0.05) is 37.4 Å². The Morgan fingerprint density at radius 2 is 2.41 bits per heavy atom. The van der Waals surface area contributed by atoms with E-state index in [-0.39, 0.29) is 8.95 Å². The lowest BCUT2D eigenvalue weighted by atomic mass is 10.4. The summed E-state index contributed by atoms with van der Waals surface area (Å²) in [7, 11) is -3.53. The molecule has 0 aromatic rings. The van der Waals surface area contributed by atoms with Crippen LogP contribution in [0, 0.1) is 0 Å². The molecule has 0 saturated heterocycles. The van der Waals surface area contributed by atoms with E-state index in [1.54, 1.807) is 0 Å². The molecule has 8 heteroatoms. The number of rotatable bonds is 2. The summed E-state index contributed by atoms with van der Waals surface area (Å²) in [4.78, 5) is 0. The van der Waals surface area contributed by atoms with Gasteiger partial charge < -0.3 is 5.32 Å². The third kappa shape index (κ3) is 2.94. The predicted molar refractivity (Wildman–Crippen MR) is 75.7 cm³/mol. The highest BCUT2D eigenvalue weighted by Crippen LogP contribution is 2.44. The Bertz CT molecular complexity index is 486. The molecule has 1 N–H and O–H groups in total. The van der Waals surface area contributed by atoms with Gasteiger partial charge in [0.2, 0.25) is 0 Å². The third-order valence-corrected chi connectivity index (χ3v) is 7.06. The van der Waals surface area contributed by atoms with Crippen molar-refractivity contribution in [2.45, 2.75) is 36.6 Å². The second-order valence-electron chi connectivity index (χ2n) is 3.83. The van der Waals surface area contributed by atoms with Crippen LogP contribution in [0.3, 0.4) is 0 Å². The average Bonchev–Trinajstić information content (AvgIpc) is 2.58. The number of thioether (sulfide) groups is 2. The summed E-state index contributed by atoms with van der Waals surface area (Å²) in [6, 6.07) is 0. The van der Waals surface area contributed by atoms with Crippen molar-refractivity contribution < 1.29 is 8.42 Å². The molecular weight excluding hydrogens is 300 g/mol. The van der Waals surface area contributed by atoms with Crippen molar-refractivity contribution >= 4 is 50.3 Å². The van der Waals surface area contributed by atoms with E-state index in [1.165, 1.54) is 11.8 Å². The lowest BCUT2D eigenvalue weighted by molar-refractivity contribution is 0.604. The van der Waals surface area contributed by atoms with Gasteiger partial charge in [0.1, 0.15) is 4.24 Å². The van der Waals surface area contributed by atoms with E-state index in [9.17, 15) is 8.42 Å². The van der Waals surface area contributed by atoms with Crippen LogP contribution in [-0.2, 0) is 10.0 Å². The molecule has 2 rings (SSSR count). The molecule has 0 radical (unpaired) electrons. The Hall–Kier alpha value is 0.150. The molecule has 0 amide bonds. The molecule has 96 valence electrons. The summed E-state index contributed by atoms with van der Waals surface area (Å²) < 4.78 is 27.7. The van der Waals surface area contributed by atoms with Crippen LogP contribution in [-0.4, -0.2) is 23.5 Å². The Morgan fingerprint density at radius 1 is 1.71 bits per heavy atom. The number of nitrogens with one attached hydrogen (secondary N) is 1. The Balaban J connectivity index is 2.21. The first-order valence-electron chi connectivity index (χ1n) is 5.25. The van der Waals surface area contributed by atoms with E-state index < -0.39 is 10.0 Å². The molecule has 0 saturated carbocycles. The molecule has 0 aromatic heterocycles. The fraction of sp³-hybridized carbons (Fsp3) is 0.667. The van der Waals surface area contributed by atoms with Gasteiger partial charge in [-0.3, -0.25) is 0 Å². The van der Waals surface area contributed by atoms with Crippen LogP contribution in [0.4, 0.5) is 0 Å². The van der Waals surface area contributed by atoms with Crippen LogP contribution < -0.4 is 5.32 Å². The second-order valence-corrected chi connectivity index (χ2v) is 9.06. The van der Waals surface area contributed by atoms with Gasteiger partial charge in [-0.25, -0.2) is 0 Å². The van der Waals surface area contributed by atoms with Crippen LogP contribution in [0.25, 0.3) is 0 Å². The third-order valence-electron chi connectivity index (χ3n) is 2.43. The lowest BCUT2D eigenvalue weighted by Crippen LogP contribution is -2.27. The molecule has 0 bridgehead atoms. The largest absolute Gasteiger partial charge is 0.336 e. The first-order valence-corrected chi connectivity index (χ1v) is 8.88. The Kier molecular flexibility index (Phi) is 4.02. The highest BCUT2D eigenvalue weighted by atomic mass is 35.5. The topological polar surface area (TPSA) is 58.5 Å². The van der Waals surface area contributed by atoms with Crippen molar-refractivity contribution in [2.24, 2.45) is 4.40 Å². The zero-order valence-electron chi connectivity index (χ0n) is 9.44. The van der Waals surface area contributed by atoms with Gasteiger partial charge in [0, 0.05) is 17.4 Å². The van der Waals surface area contributed by atoms with E-state index in [2.05, 4.69) is 16.6 Å². The van der Waals surface area contributed by atoms with E-state index in [4.69, 9.17) is 11.6 Å². The fourth-order valence-electron chi connectivity index (χ4n) is 1.42. The monoisotopic (exact) mass is 312 g/mol. The maximum absolute atomic E-state index is 11.9. The molecule has 2 aliphatic heterocycles. The minimum absolute atomic E-state index is 0.217. The van der Waals surface area contributed by atoms with Crippen LogP contribution in [0.5, 0.6) is 0 Å². The van der Waals surface area contributed by atoms with E-state index in [0.29, 0.717) is 22.5 Å². The number of halogens is 1. The number of hydrogen-bond acceptors (Lipinski definition) is 5. The first-order chi connectivity index (χ1) is 7.92. The highest BCUT2D eigenvalue weighted by Gasteiger charge is 2.36. The van der Waals surface area contributed by atoms with Crippen LogP contribution in [0.1, 0.15) is 26.7 Å². The van der Waals surface area contributed by atoms with Gasteiger partial charge in [-0.2, -0.15) is 8.42 Å². The van der Waals surface area contributed by atoms with Crippen LogP contribution in [0.15, 0.2) is 14.3 Å². The molecule has 0 spiro atoms. The van der Waals surface area contributed by atoms with Crippen molar-refractivity contribution in [1.29, 1.82) is 0 Å². The van der Waals surface area contributed by atoms with E-state index >= 15 is 0 Å². The maximum atomic E-state index is 11.9. The molecule has 2 aliphatic rings. The van der Waals surface area contributed by atoms with Crippen molar-refractivity contribution in [3.05, 3.63) is 9.93 Å². The van der Waals surface area contributed by atoms with E-state index in [1.807, 2.05) is 6.92 Å². The molecule has 17 heavy (non-hydrogen) atoms. The van der Waals surface area contributed by atoms with E-state index in [0.717, 1.165) is 18.2 Å². The SMILES string of the molecule is CCC(C)SC1=NS(=O)(=O)C2=C(CC(Cl)S2)N1. The summed E-state index contributed by atoms with van der Waals surface area (Å²) in [5.41, 5.74) is 0.691. The molecular formula is C9H13ClN2O2S3. The number of sulfonamides is 1. The van der Waals surface area contributed by atoms with Crippen molar-refractivity contribution in [2.75, 3.05) is 0 Å².